The van der Waals surface area contributed by atoms with Crippen LogP contribution < -0.4 is 4.74 Å². The summed E-state index contributed by atoms with van der Waals surface area (Å²) in [5.74, 6) is 0.122. The number of aryl methyl sites for hydroxylation is 2. The molecule has 6 heteroatoms. The highest BCUT2D eigenvalue weighted by Gasteiger charge is 2.22. The Bertz CT molecular complexity index is 564. The number of morpholine rings is 1. The lowest BCUT2D eigenvalue weighted by Crippen LogP contribution is -2.47. The minimum Gasteiger partial charge on any atom is -0.494 e. The zero-order chi connectivity index (χ0) is 18.2. The molecule has 1 saturated heterocycles. The minimum absolute atomic E-state index is 0.0453. The highest BCUT2D eigenvalue weighted by molar-refractivity contribution is 5.69. The smallest absolute Gasteiger partial charge is 0.317 e. The van der Waals surface area contributed by atoms with Gasteiger partial charge in [0.1, 0.15) is 5.75 Å². The largest absolute Gasteiger partial charge is 0.494 e. The van der Waals surface area contributed by atoms with Gasteiger partial charge in [-0.25, -0.2) is 0 Å². The number of carbonyl (C=O) groups is 1. The van der Waals surface area contributed by atoms with Crippen LogP contribution in [0.5, 0.6) is 5.75 Å². The Labute approximate surface area is 150 Å². The fraction of sp³-hybridized carbons (Fsp3) is 0.632. The molecule has 1 heterocycles. The van der Waals surface area contributed by atoms with E-state index < -0.39 is 5.97 Å². The Kier molecular flexibility index (Phi) is 7.68. The average Bonchev–Trinajstić information content (AvgIpc) is 2.54. The van der Waals surface area contributed by atoms with E-state index in [4.69, 9.17) is 14.6 Å². The van der Waals surface area contributed by atoms with Crippen molar-refractivity contribution in [3.8, 4) is 5.75 Å². The Morgan fingerprint density at radius 1 is 1.40 bits per heavy atom. The molecule has 1 atom stereocenters. The van der Waals surface area contributed by atoms with Gasteiger partial charge in [-0.15, -0.1) is 0 Å². The van der Waals surface area contributed by atoms with E-state index in [-0.39, 0.29) is 12.6 Å². The fourth-order valence-corrected chi connectivity index (χ4v) is 3.02. The molecule has 1 aliphatic heterocycles. The number of aliphatic carboxylic acids is 1. The van der Waals surface area contributed by atoms with Gasteiger partial charge in [-0.2, -0.15) is 0 Å². The van der Waals surface area contributed by atoms with E-state index in [1.165, 1.54) is 11.1 Å². The van der Waals surface area contributed by atoms with Crippen LogP contribution in [-0.4, -0.2) is 80.0 Å². The van der Waals surface area contributed by atoms with E-state index in [0.717, 1.165) is 31.8 Å². The van der Waals surface area contributed by atoms with Gasteiger partial charge in [-0.1, -0.05) is 6.07 Å². The number of ether oxygens (including phenoxy) is 2. The molecule has 1 aliphatic rings. The third-order valence-corrected chi connectivity index (χ3v) is 4.51. The molecule has 0 aliphatic carbocycles. The Morgan fingerprint density at radius 3 is 2.92 bits per heavy atom. The number of likely N-dealkylation sites (N-methyl/N-ethyl adjacent to an activating group) is 1. The van der Waals surface area contributed by atoms with Gasteiger partial charge in [0, 0.05) is 26.2 Å². The van der Waals surface area contributed by atoms with Crippen molar-refractivity contribution < 1.29 is 19.4 Å². The molecule has 0 amide bonds. The van der Waals surface area contributed by atoms with Crippen LogP contribution in [0.15, 0.2) is 18.2 Å². The van der Waals surface area contributed by atoms with Gasteiger partial charge in [0.2, 0.25) is 0 Å². The summed E-state index contributed by atoms with van der Waals surface area (Å²) in [4.78, 5) is 14.9. The first-order valence-corrected chi connectivity index (χ1v) is 8.88. The van der Waals surface area contributed by atoms with E-state index in [1.807, 2.05) is 13.1 Å². The second-order valence-corrected chi connectivity index (χ2v) is 6.83. The highest BCUT2D eigenvalue weighted by Crippen LogP contribution is 2.16. The predicted molar refractivity (Wildman–Crippen MR) is 97.3 cm³/mol. The van der Waals surface area contributed by atoms with Gasteiger partial charge in [-0.05, 0) is 50.6 Å². The van der Waals surface area contributed by atoms with Crippen LogP contribution in [-0.2, 0) is 9.53 Å². The third kappa shape index (κ3) is 7.02. The van der Waals surface area contributed by atoms with Crippen molar-refractivity contribution in [3.63, 3.8) is 0 Å². The van der Waals surface area contributed by atoms with Crippen molar-refractivity contribution in [2.24, 2.45) is 0 Å². The summed E-state index contributed by atoms with van der Waals surface area (Å²) in [6, 6.07) is 6.19. The molecule has 1 unspecified atom stereocenters. The van der Waals surface area contributed by atoms with Gasteiger partial charge in [0.05, 0.1) is 25.9 Å². The molecule has 0 aromatic heterocycles. The van der Waals surface area contributed by atoms with Crippen molar-refractivity contribution >= 4 is 5.97 Å². The van der Waals surface area contributed by atoms with Crippen LogP contribution >= 0.6 is 0 Å². The van der Waals surface area contributed by atoms with Gasteiger partial charge in [-0.3, -0.25) is 14.6 Å². The maximum absolute atomic E-state index is 10.7. The molecule has 1 aromatic carbocycles. The molecular formula is C19H30N2O4. The van der Waals surface area contributed by atoms with Gasteiger partial charge >= 0.3 is 5.97 Å². The first-order chi connectivity index (χ1) is 11.9. The van der Waals surface area contributed by atoms with Crippen LogP contribution in [0.3, 0.4) is 0 Å². The number of hydrogen-bond donors (Lipinski definition) is 1. The molecule has 1 N–H and O–H groups in total. The Hall–Kier alpha value is -1.63. The number of carboxylic acids is 1. The highest BCUT2D eigenvalue weighted by atomic mass is 16.5. The van der Waals surface area contributed by atoms with Crippen molar-refractivity contribution in [2.75, 3.05) is 53.0 Å². The van der Waals surface area contributed by atoms with E-state index in [2.05, 4.69) is 30.9 Å². The monoisotopic (exact) mass is 350 g/mol. The van der Waals surface area contributed by atoms with Crippen LogP contribution in [0.4, 0.5) is 0 Å². The number of carboxylic acid groups (broad SMARTS) is 1. The molecule has 2 rings (SSSR count). The van der Waals surface area contributed by atoms with Crippen LogP contribution in [0, 0.1) is 13.8 Å². The summed E-state index contributed by atoms with van der Waals surface area (Å²) < 4.78 is 11.6. The summed E-state index contributed by atoms with van der Waals surface area (Å²) in [6.45, 7) is 9.00. The zero-order valence-corrected chi connectivity index (χ0v) is 15.5. The minimum atomic E-state index is -0.807. The maximum atomic E-state index is 10.7. The number of hydrogen-bond acceptors (Lipinski definition) is 5. The molecule has 0 spiro atoms. The average molecular weight is 350 g/mol. The first kappa shape index (κ1) is 19.7. The first-order valence-electron chi connectivity index (χ1n) is 8.88. The lowest BCUT2D eigenvalue weighted by Gasteiger charge is -2.34. The van der Waals surface area contributed by atoms with Crippen molar-refractivity contribution in [3.05, 3.63) is 29.3 Å². The van der Waals surface area contributed by atoms with Crippen LogP contribution in [0.2, 0.25) is 0 Å². The topological polar surface area (TPSA) is 62.2 Å². The standard InChI is InChI=1S/C19H30N2O4/c1-15-5-6-17(11-16(15)2)24-9-4-7-21-8-10-25-18(13-21)12-20(3)14-19(22)23/h5-6,11,18H,4,7-10,12-14H2,1-3H3,(H,22,23). The van der Waals surface area contributed by atoms with Crippen LogP contribution in [0.25, 0.3) is 0 Å². The normalized spacial score (nSPS) is 18.5. The summed E-state index contributed by atoms with van der Waals surface area (Å²) in [6.07, 6.45) is 1.03. The second kappa shape index (κ2) is 9.75. The predicted octanol–water partition coefficient (Wildman–Crippen LogP) is 1.79. The molecular weight excluding hydrogens is 320 g/mol. The van der Waals surface area contributed by atoms with Gasteiger partial charge in [0.15, 0.2) is 0 Å². The van der Waals surface area contributed by atoms with Crippen molar-refractivity contribution in [2.45, 2.75) is 26.4 Å². The number of rotatable bonds is 9. The van der Waals surface area contributed by atoms with E-state index in [9.17, 15) is 4.79 Å². The van der Waals surface area contributed by atoms with Crippen molar-refractivity contribution in [1.29, 1.82) is 0 Å². The Morgan fingerprint density at radius 2 is 2.20 bits per heavy atom. The molecule has 6 nitrogen and oxygen atoms in total. The molecule has 140 valence electrons. The van der Waals surface area contributed by atoms with Gasteiger partial charge in [0.25, 0.3) is 0 Å². The van der Waals surface area contributed by atoms with Gasteiger partial charge < -0.3 is 14.6 Å². The van der Waals surface area contributed by atoms with E-state index in [0.29, 0.717) is 19.8 Å². The molecule has 1 fully saturated rings. The summed E-state index contributed by atoms with van der Waals surface area (Å²) >= 11 is 0. The number of nitrogens with zero attached hydrogens (tertiary/aromatic N) is 2. The summed E-state index contributed by atoms with van der Waals surface area (Å²) in [7, 11) is 1.81. The third-order valence-electron chi connectivity index (χ3n) is 4.51. The lowest BCUT2D eigenvalue weighted by atomic mass is 10.1. The van der Waals surface area contributed by atoms with E-state index in [1.54, 1.807) is 4.90 Å². The van der Waals surface area contributed by atoms with Crippen LogP contribution in [0.1, 0.15) is 17.5 Å². The molecule has 1 aromatic rings. The molecule has 0 bridgehead atoms. The van der Waals surface area contributed by atoms with Crippen molar-refractivity contribution in [1.82, 2.24) is 9.80 Å². The lowest BCUT2D eigenvalue weighted by molar-refractivity contribution is -0.138. The van der Waals surface area contributed by atoms with E-state index >= 15 is 0 Å². The fourth-order valence-electron chi connectivity index (χ4n) is 3.02. The number of benzene rings is 1. The summed E-state index contributed by atoms with van der Waals surface area (Å²) in [5, 5.41) is 8.83. The SMILES string of the molecule is Cc1ccc(OCCCN2CCOC(CN(C)CC(=O)O)C2)cc1C. The maximum Gasteiger partial charge on any atom is 0.317 e. The zero-order valence-electron chi connectivity index (χ0n) is 15.5. The second-order valence-electron chi connectivity index (χ2n) is 6.83. The summed E-state index contributed by atoms with van der Waals surface area (Å²) in [5.41, 5.74) is 2.53. The molecule has 0 saturated carbocycles. The molecule has 25 heavy (non-hydrogen) atoms. The Balaban J connectivity index is 1.66. The molecule has 0 radical (unpaired) electrons. The quantitative estimate of drug-likeness (QED) is 0.685.